The smallest absolute Gasteiger partial charge is 0.309 e. The molecule has 1 amide bonds. The highest BCUT2D eigenvalue weighted by molar-refractivity contribution is 6.00. The predicted octanol–water partition coefficient (Wildman–Crippen LogP) is 8.37. The highest BCUT2D eigenvalue weighted by Crippen LogP contribution is 2.73. The van der Waals surface area contributed by atoms with E-state index in [9.17, 15) is 24.3 Å². The minimum absolute atomic E-state index is 0.0220. The van der Waals surface area contributed by atoms with E-state index in [0.717, 1.165) is 68.9 Å². The van der Waals surface area contributed by atoms with Gasteiger partial charge in [0.2, 0.25) is 5.91 Å². The number of nitrogens with zero attached hydrogens (tertiary/aromatic N) is 1. The molecule has 4 fully saturated rings. The minimum Gasteiger partial charge on any atom is -0.481 e. The molecule has 292 valence electrons. The summed E-state index contributed by atoms with van der Waals surface area (Å²) in [6.07, 6.45) is 9.28. The molecule has 0 aliphatic heterocycles. The van der Waals surface area contributed by atoms with E-state index in [1.807, 2.05) is 23.1 Å². The average molecular weight is 731 g/mol. The first-order chi connectivity index (χ1) is 24.8. The lowest BCUT2D eigenvalue weighted by Gasteiger charge is -2.69. The number of carboxylic acid groups (broad SMARTS) is 1. The van der Waals surface area contributed by atoms with Crippen LogP contribution in [0.25, 0.3) is 0 Å². The maximum absolute atomic E-state index is 14.1. The molecule has 6 rings (SSSR count). The second-order valence-corrected chi connectivity index (χ2v) is 19.8. The van der Waals surface area contributed by atoms with E-state index in [2.05, 4.69) is 53.7 Å². The van der Waals surface area contributed by atoms with Gasteiger partial charge in [-0.15, -0.1) is 0 Å². The normalized spacial score (nSPS) is 34.8. The number of hydrogen-bond acceptors (Lipinski definition) is 6. The Morgan fingerprint density at radius 1 is 0.943 bits per heavy atom. The number of ketones is 1. The Morgan fingerprint density at radius 3 is 2.26 bits per heavy atom. The van der Waals surface area contributed by atoms with Gasteiger partial charge in [0.25, 0.3) is 0 Å². The summed E-state index contributed by atoms with van der Waals surface area (Å²) in [5.74, 6) is 0.844. The first kappa shape index (κ1) is 39.7. The van der Waals surface area contributed by atoms with Crippen LogP contribution < -0.4 is 5.73 Å². The number of carbonyl (C=O) groups excluding carboxylic acids is 3. The molecule has 53 heavy (non-hydrogen) atoms. The Bertz CT molecular complexity index is 1630. The zero-order chi connectivity index (χ0) is 38.7. The van der Waals surface area contributed by atoms with E-state index in [1.165, 1.54) is 5.57 Å². The van der Waals surface area contributed by atoms with Gasteiger partial charge in [-0.05, 0) is 123 Å². The number of carbonyl (C=O) groups is 4. The molecule has 1 aromatic rings. The zero-order valence-corrected chi connectivity index (χ0v) is 33.8. The molecular formula is C45H66N2O6. The van der Waals surface area contributed by atoms with E-state index in [1.54, 1.807) is 13.8 Å². The van der Waals surface area contributed by atoms with E-state index in [4.69, 9.17) is 10.5 Å². The van der Waals surface area contributed by atoms with Crippen LogP contribution >= 0.6 is 0 Å². The number of nitrogens with two attached hydrogens (primary N) is 1. The second kappa shape index (κ2) is 14.3. The topological polar surface area (TPSA) is 127 Å². The summed E-state index contributed by atoms with van der Waals surface area (Å²) in [5.41, 5.74) is 8.18. The molecule has 5 aliphatic rings. The Balaban J connectivity index is 1.24. The van der Waals surface area contributed by atoms with Gasteiger partial charge in [0.15, 0.2) is 5.78 Å². The number of Topliss-reactive ketones (excluding diaryl/α,β-unsaturated/α-hetero) is 1. The number of allylic oxidation sites excluding steroid dienone is 2. The Kier molecular flexibility index (Phi) is 10.7. The number of carboxylic acids is 1. The number of aliphatic carboxylic acids is 1. The molecule has 5 aliphatic carbocycles. The Hall–Kier alpha value is -3.00. The monoisotopic (exact) mass is 730 g/mol. The summed E-state index contributed by atoms with van der Waals surface area (Å²) in [6.45, 7) is 18.3. The van der Waals surface area contributed by atoms with Crippen molar-refractivity contribution in [3.8, 4) is 0 Å². The van der Waals surface area contributed by atoms with Crippen molar-refractivity contribution in [2.24, 2.45) is 62.4 Å². The standard InChI is InChI=1S/C45H66N2O6/c1-28(2)38-32(48)24-45(22-23-47(36(49)26-46)27-29-12-10-9-11-13-29)21-16-31-30(39(38)45)14-15-34-43(31,7)19-17-33-42(5,6)35(18-20-44(33,34)8)53-37(50)25-41(3,4)40(51)52/h9-13,28,30-31,33-35H,14-27,46H2,1-8H3,(H,51,52). The van der Waals surface area contributed by atoms with Crippen molar-refractivity contribution in [1.29, 1.82) is 0 Å². The fourth-order valence-corrected chi connectivity index (χ4v) is 13.1. The number of hydrogen-bond donors (Lipinski definition) is 2. The van der Waals surface area contributed by atoms with Gasteiger partial charge >= 0.3 is 11.9 Å². The Morgan fingerprint density at radius 2 is 1.62 bits per heavy atom. The van der Waals surface area contributed by atoms with Crippen molar-refractivity contribution in [3.05, 3.63) is 47.0 Å². The fraction of sp³-hybridized carbons (Fsp3) is 0.733. The summed E-state index contributed by atoms with van der Waals surface area (Å²) < 4.78 is 6.16. The highest BCUT2D eigenvalue weighted by Gasteiger charge is 2.66. The third-order valence-electron chi connectivity index (χ3n) is 15.7. The van der Waals surface area contributed by atoms with Crippen LogP contribution in [0.5, 0.6) is 0 Å². The fourth-order valence-electron chi connectivity index (χ4n) is 13.1. The zero-order valence-electron chi connectivity index (χ0n) is 33.8. The second-order valence-electron chi connectivity index (χ2n) is 19.8. The summed E-state index contributed by atoms with van der Waals surface area (Å²) in [4.78, 5) is 53.9. The number of rotatable bonds is 11. The van der Waals surface area contributed by atoms with Crippen molar-refractivity contribution >= 4 is 23.6 Å². The largest absolute Gasteiger partial charge is 0.481 e. The molecule has 8 atom stereocenters. The van der Waals surface area contributed by atoms with Crippen molar-refractivity contribution < 1.29 is 29.0 Å². The molecule has 3 N–H and O–H groups in total. The Labute approximate surface area is 318 Å². The van der Waals surface area contributed by atoms with E-state index < -0.39 is 17.4 Å². The lowest BCUT2D eigenvalue weighted by Crippen LogP contribution is -2.63. The molecule has 8 unspecified atom stereocenters. The van der Waals surface area contributed by atoms with Crippen molar-refractivity contribution in [2.45, 2.75) is 139 Å². The van der Waals surface area contributed by atoms with Gasteiger partial charge in [-0.25, -0.2) is 0 Å². The van der Waals surface area contributed by atoms with Gasteiger partial charge in [0.05, 0.1) is 18.4 Å². The van der Waals surface area contributed by atoms with Crippen molar-refractivity contribution in [1.82, 2.24) is 4.90 Å². The van der Waals surface area contributed by atoms with Gasteiger partial charge in [0.1, 0.15) is 6.10 Å². The average Bonchev–Trinajstić information content (AvgIpc) is 3.40. The molecule has 4 saturated carbocycles. The van der Waals surface area contributed by atoms with Crippen LogP contribution in [0.4, 0.5) is 0 Å². The van der Waals surface area contributed by atoms with Gasteiger partial charge < -0.3 is 20.5 Å². The molecule has 0 bridgehead atoms. The van der Waals surface area contributed by atoms with Gasteiger partial charge in [-0.1, -0.05) is 77.4 Å². The van der Waals surface area contributed by atoms with Crippen LogP contribution in [-0.4, -0.2) is 52.8 Å². The number of esters is 1. The first-order valence-corrected chi connectivity index (χ1v) is 20.5. The maximum Gasteiger partial charge on any atom is 0.309 e. The van der Waals surface area contributed by atoms with E-state index in [0.29, 0.717) is 49.0 Å². The van der Waals surface area contributed by atoms with Gasteiger partial charge in [-0.2, -0.15) is 0 Å². The molecule has 0 heterocycles. The molecule has 8 heteroatoms. The lowest BCUT2D eigenvalue weighted by molar-refractivity contribution is -0.214. The maximum atomic E-state index is 14.1. The minimum atomic E-state index is -1.16. The summed E-state index contributed by atoms with van der Waals surface area (Å²) >= 11 is 0. The molecule has 0 spiro atoms. The SMILES string of the molecule is CC(C)C1=C2C3CCC4C(C)(CCC5C(C)(C)C(OC(=O)CC(C)(C)C(=O)O)CCC54C)C3CCC2(CCN(Cc2ccccc2)C(=O)CN)CC1=O. The van der Waals surface area contributed by atoms with Crippen LogP contribution in [0, 0.1) is 56.7 Å². The van der Waals surface area contributed by atoms with Gasteiger partial charge in [0, 0.05) is 30.3 Å². The van der Waals surface area contributed by atoms with Gasteiger partial charge in [-0.3, -0.25) is 19.2 Å². The van der Waals surface area contributed by atoms with Crippen LogP contribution in [0.15, 0.2) is 41.5 Å². The molecule has 1 aromatic carbocycles. The van der Waals surface area contributed by atoms with Crippen LogP contribution in [-0.2, 0) is 30.5 Å². The lowest BCUT2D eigenvalue weighted by atomic mass is 9.36. The van der Waals surface area contributed by atoms with Crippen LogP contribution in [0.2, 0.25) is 0 Å². The van der Waals surface area contributed by atoms with Crippen molar-refractivity contribution in [2.75, 3.05) is 13.1 Å². The quantitative estimate of drug-likeness (QED) is 0.219. The predicted molar refractivity (Wildman–Crippen MR) is 206 cm³/mol. The molecule has 0 aromatic heterocycles. The van der Waals surface area contributed by atoms with E-state index in [-0.39, 0.29) is 52.6 Å². The van der Waals surface area contributed by atoms with E-state index >= 15 is 0 Å². The summed E-state index contributed by atoms with van der Waals surface area (Å²) in [7, 11) is 0. The summed E-state index contributed by atoms with van der Waals surface area (Å²) in [5, 5.41) is 9.60. The first-order valence-electron chi connectivity index (χ1n) is 20.5. The molecule has 0 radical (unpaired) electrons. The van der Waals surface area contributed by atoms with Crippen molar-refractivity contribution in [3.63, 3.8) is 0 Å². The molecule has 0 saturated heterocycles. The van der Waals surface area contributed by atoms with Crippen LogP contribution in [0.3, 0.4) is 0 Å². The summed E-state index contributed by atoms with van der Waals surface area (Å²) in [6, 6.07) is 10.1. The number of amides is 1. The number of benzene rings is 1. The number of ether oxygens (including phenoxy) is 1. The molecular weight excluding hydrogens is 665 g/mol. The third kappa shape index (κ3) is 6.82. The third-order valence-corrected chi connectivity index (χ3v) is 15.7. The molecule has 8 nitrogen and oxygen atoms in total. The van der Waals surface area contributed by atoms with Crippen LogP contribution in [0.1, 0.15) is 132 Å². The highest BCUT2D eigenvalue weighted by atomic mass is 16.5. The number of fused-ring (bicyclic) bond motifs is 7.